The molecule has 0 bridgehead atoms. The predicted octanol–water partition coefficient (Wildman–Crippen LogP) is 1.14. The van der Waals surface area contributed by atoms with E-state index in [1.807, 2.05) is 22.2 Å². The van der Waals surface area contributed by atoms with Crippen molar-refractivity contribution in [1.82, 2.24) is 19.4 Å². The summed E-state index contributed by atoms with van der Waals surface area (Å²) in [7, 11) is -3.55. The number of carbonyl (C=O) groups is 1. The molecule has 0 spiro atoms. The van der Waals surface area contributed by atoms with E-state index in [9.17, 15) is 13.2 Å². The average Bonchev–Trinajstić information content (AvgIpc) is 3.26. The number of aliphatic imine (C=N–C) groups is 1. The maximum atomic E-state index is 12.0. The smallest absolute Gasteiger partial charge is 0.263 e. The number of amides is 1. The molecular formula is C16H15N5O3S2. The molecule has 10 heteroatoms. The molecule has 4 rings (SSSR count). The van der Waals surface area contributed by atoms with E-state index in [2.05, 4.69) is 20.0 Å². The van der Waals surface area contributed by atoms with Crippen LogP contribution in [0.3, 0.4) is 0 Å². The minimum Gasteiger partial charge on any atom is -0.350 e. The Morgan fingerprint density at radius 1 is 1.35 bits per heavy atom. The van der Waals surface area contributed by atoms with Gasteiger partial charge in [-0.25, -0.2) is 13.4 Å². The zero-order chi connectivity index (χ0) is 18.1. The van der Waals surface area contributed by atoms with Gasteiger partial charge in [-0.15, -0.1) is 11.3 Å². The molecule has 1 aromatic carbocycles. The Bertz CT molecular complexity index is 1090. The third kappa shape index (κ3) is 3.20. The lowest BCUT2D eigenvalue weighted by Gasteiger charge is -2.02. The van der Waals surface area contributed by atoms with Crippen LogP contribution in [0.5, 0.6) is 0 Å². The second-order valence-electron chi connectivity index (χ2n) is 5.68. The highest BCUT2D eigenvalue weighted by Gasteiger charge is 2.29. The van der Waals surface area contributed by atoms with E-state index >= 15 is 0 Å². The average molecular weight is 389 g/mol. The third-order valence-electron chi connectivity index (χ3n) is 3.88. The fraction of sp³-hybridized carbons (Fsp3) is 0.188. The van der Waals surface area contributed by atoms with Crippen LogP contribution in [0, 0.1) is 0 Å². The van der Waals surface area contributed by atoms with Gasteiger partial charge in [0.15, 0.2) is 4.96 Å². The fourth-order valence-corrected chi connectivity index (χ4v) is 4.63. The van der Waals surface area contributed by atoms with E-state index in [-0.39, 0.29) is 29.6 Å². The fourth-order valence-electron chi connectivity index (χ4n) is 2.66. The van der Waals surface area contributed by atoms with Gasteiger partial charge >= 0.3 is 0 Å². The lowest BCUT2D eigenvalue weighted by atomic mass is 10.2. The monoisotopic (exact) mass is 389 g/mol. The summed E-state index contributed by atoms with van der Waals surface area (Å²) in [6.07, 6.45) is 3.95. The minimum absolute atomic E-state index is 0.162. The predicted molar refractivity (Wildman–Crippen MR) is 97.7 cm³/mol. The van der Waals surface area contributed by atoms with Gasteiger partial charge in [0.05, 0.1) is 23.7 Å². The Kier molecular flexibility index (Phi) is 4.21. The lowest BCUT2D eigenvalue weighted by molar-refractivity contribution is -0.121. The summed E-state index contributed by atoms with van der Waals surface area (Å²) in [5.41, 5.74) is 1.32. The number of sulfonamides is 1. The van der Waals surface area contributed by atoms with Crippen molar-refractivity contribution in [2.75, 3.05) is 6.54 Å². The summed E-state index contributed by atoms with van der Waals surface area (Å²) in [5.74, 6) is 0.114. The molecule has 134 valence electrons. The van der Waals surface area contributed by atoms with Gasteiger partial charge < -0.3 is 5.32 Å². The Morgan fingerprint density at radius 3 is 3.04 bits per heavy atom. The molecule has 0 aliphatic carbocycles. The van der Waals surface area contributed by atoms with Gasteiger partial charge in [0, 0.05) is 29.8 Å². The number of nitrogens with one attached hydrogen (secondary N) is 2. The molecule has 0 fully saturated rings. The van der Waals surface area contributed by atoms with E-state index in [0.29, 0.717) is 12.1 Å². The summed E-state index contributed by atoms with van der Waals surface area (Å²) >= 11 is 1.53. The van der Waals surface area contributed by atoms with E-state index in [4.69, 9.17) is 0 Å². The van der Waals surface area contributed by atoms with Gasteiger partial charge in [-0.1, -0.05) is 12.1 Å². The molecule has 0 atom stereocenters. The van der Waals surface area contributed by atoms with Gasteiger partial charge in [0.1, 0.15) is 5.84 Å². The van der Waals surface area contributed by atoms with Crippen LogP contribution in [0.15, 0.2) is 51.9 Å². The molecular weight excluding hydrogens is 374 g/mol. The summed E-state index contributed by atoms with van der Waals surface area (Å²) in [5, 5.41) is 4.74. The molecule has 26 heavy (non-hydrogen) atoms. The first-order valence-corrected chi connectivity index (χ1v) is 10.2. The molecule has 1 aliphatic rings. The van der Waals surface area contributed by atoms with E-state index < -0.39 is 10.0 Å². The van der Waals surface area contributed by atoms with Crippen LogP contribution in [-0.2, 0) is 21.4 Å². The first-order valence-electron chi connectivity index (χ1n) is 7.87. The highest BCUT2D eigenvalue weighted by molar-refractivity contribution is 7.90. The van der Waals surface area contributed by atoms with Gasteiger partial charge in [-0.3, -0.25) is 18.9 Å². The lowest BCUT2D eigenvalue weighted by Crippen LogP contribution is -2.25. The second kappa shape index (κ2) is 6.54. The highest BCUT2D eigenvalue weighted by Crippen LogP contribution is 2.22. The SMILES string of the molecule is O=C(CCN=C1NS(=O)(=O)c2ccccc21)NCc1cn2ccsc2n1. The van der Waals surface area contributed by atoms with Crippen molar-refractivity contribution in [2.24, 2.45) is 4.99 Å². The molecule has 8 nitrogen and oxygen atoms in total. The number of benzene rings is 1. The molecule has 1 amide bonds. The van der Waals surface area contributed by atoms with Crippen molar-refractivity contribution in [3.8, 4) is 0 Å². The van der Waals surface area contributed by atoms with Crippen molar-refractivity contribution in [2.45, 2.75) is 17.9 Å². The van der Waals surface area contributed by atoms with Crippen LogP contribution in [-0.4, -0.2) is 36.1 Å². The van der Waals surface area contributed by atoms with Crippen molar-refractivity contribution in [3.05, 3.63) is 53.3 Å². The summed E-state index contributed by atoms with van der Waals surface area (Å²) < 4.78 is 28.3. The number of thiazole rings is 1. The molecule has 0 saturated carbocycles. The van der Waals surface area contributed by atoms with Gasteiger partial charge in [-0.05, 0) is 12.1 Å². The normalized spacial score (nSPS) is 16.5. The molecule has 2 aromatic heterocycles. The van der Waals surface area contributed by atoms with E-state index in [0.717, 1.165) is 10.7 Å². The van der Waals surface area contributed by atoms with Crippen LogP contribution >= 0.6 is 11.3 Å². The number of hydrogen-bond donors (Lipinski definition) is 2. The molecule has 0 unspecified atom stereocenters. The van der Waals surface area contributed by atoms with Crippen molar-refractivity contribution in [1.29, 1.82) is 0 Å². The number of nitrogens with zero attached hydrogens (tertiary/aromatic N) is 3. The molecule has 2 N–H and O–H groups in total. The first kappa shape index (κ1) is 16.7. The molecule has 0 radical (unpaired) electrons. The number of rotatable bonds is 5. The topological polar surface area (TPSA) is 105 Å². The Balaban J connectivity index is 1.33. The Hall–Kier alpha value is -2.72. The van der Waals surface area contributed by atoms with Crippen LogP contribution in [0.2, 0.25) is 0 Å². The quantitative estimate of drug-likeness (QED) is 0.683. The van der Waals surface area contributed by atoms with Gasteiger partial charge in [-0.2, -0.15) is 0 Å². The summed E-state index contributed by atoms with van der Waals surface area (Å²) in [6.45, 7) is 0.537. The third-order valence-corrected chi connectivity index (χ3v) is 6.05. The van der Waals surface area contributed by atoms with Crippen molar-refractivity contribution in [3.63, 3.8) is 0 Å². The maximum absolute atomic E-state index is 12.0. The number of fused-ring (bicyclic) bond motifs is 2. The molecule has 0 saturated heterocycles. The number of amidine groups is 1. The zero-order valence-corrected chi connectivity index (χ0v) is 15.2. The Morgan fingerprint density at radius 2 is 2.19 bits per heavy atom. The number of imidazole rings is 1. The van der Waals surface area contributed by atoms with Gasteiger partial charge in [0.25, 0.3) is 10.0 Å². The van der Waals surface area contributed by atoms with E-state index in [1.54, 1.807) is 18.2 Å². The molecule has 3 aromatic rings. The standard InChI is InChI=1S/C16H15N5O3S2/c22-14(18-9-11-10-21-7-8-25-16(21)19-11)5-6-17-15-12-3-1-2-4-13(12)26(23,24)20-15/h1-4,7-8,10H,5-6,9H2,(H,17,20)(H,18,22). The Labute approximate surface area is 153 Å². The first-order chi connectivity index (χ1) is 12.5. The second-order valence-corrected chi connectivity index (χ2v) is 8.21. The van der Waals surface area contributed by atoms with E-state index in [1.165, 1.54) is 17.4 Å². The number of hydrogen-bond acceptors (Lipinski definition) is 6. The summed E-state index contributed by atoms with van der Waals surface area (Å²) in [4.78, 5) is 21.7. The number of aromatic nitrogens is 2. The van der Waals surface area contributed by atoms with Crippen LogP contribution in [0.1, 0.15) is 17.7 Å². The summed E-state index contributed by atoms with van der Waals surface area (Å²) in [6, 6.07) is 6.63. The maximum Gasteiger partial charge on any atom is 0.263 e. The van der Waals surface area contributed by atoms with Crippen molar-refractivity contribution < 1.29 is 13.2 Å². The molecule has 1 aliphatic heterocycles. The highest BCUT2D eigenvalue weighted by atomic mass is 32.2. The zero-order valence-electron chi connectivity index (χ0n) is 13.5. The van der Waals surface area contributed by atoms with Crippen LogP contribution < -0.4 is 10.0 Å². The van der Waals surface area contributed by atoms with Crippen molar-refractivity contribution >= 4 is 38.1 Å². The van der Waals surface area contributed by atoms with Crippen LogP contribution in [0.25, 0.3) is 4.96 Å². The number of carbonyl (C=O) groups excluding carboxylic acids is 1. The van der Waals surface area contributed by atoms with Gasteiger partial charge in [0.2, 0.25) is 5.91 Å². The minimum atomic E-state index is -3.55. The molecule has 3 heterocycles. The largest absolute Gasteiger partial charge is 0.350 e. The van der Waals surface area contributed by atoms with Crippen LogP contribution in [0.4, 0.5) is 0 Å².